The first kappa shape index (κ1) is 94.9. The van der Waals surface area contributed by atoms with E-state index in [-0.39, 0.29) is 135 Å². The third-order valence-corrected chi connectivity index (χ3v) is 20.5. The molecule has 2 aliphatic heterocycles. The van der Waals surface area contributed by atoms with E-state index in [1.807, 2.05) is 6.92 Å². The van der Waals surface area contributed by atoms with Crippen LogP contribution < -0.4 is 79.0 Å². The van der Waals surface area contributed by atoms with E-state index in [1.165, 1.54) is 24.1 Å². The fraction of sp³-hybridized carbons (Fsp3) is 0.797. The minimum absolute atomic E-state index is 0.000439. The molecule has 4 fully saturated rings. The second-order valence-electron chi connectivity index (χ2n) is 29.8. The molecule has 45 heteroatoms. The quantitative estimate of drug-likeness (QED) is 0.0166. The highest BCUT2D eigenvalue weighted by atomic mass is 16.7. The number of nitrogens with zero attached hydrogens (tertiary/aromatic N) is 11. The minimum Gasteiger partial charge on any atom is -0.389 e. The first-order chi connectivity index (χ1) is 54.1. The van der Waals surface area contributed by atoms with E-state index in [1.54, 1.807) is 19.3 Å². The molecule has 22 atom stereocenters. The molecule has 2 aromatic heterocycles. The number of amides is 7. The molecule has 2 aromatic rings. The second-order valence-corrected chi connectivity index (χ2v) is 29.8. The number of ether oxygens (including phenoxy) is 4. The summed E-state index contributed by atoms with van der Waals surface area (Å²) in [4.78, 5) is 122. The number of carbonyl (C=O) groups is 8. The maximum atomic E-state index is 15.2. The Labute approximate surface area is 660 Å². The monoisotopic (exact) mass is 1620 g/mol. The number of rotatable bonds is 48. The van der Waals surface area contributed by atoms with Crippen LogP contribution in [0.2, 0.25) is 0 Å². The van der Waals surface area contributed by atoms with Gasteiger partial charge < -0.3 is 154 Å². The van der Waals surface area contributed by atoms with E-state index in [2.05, 4.69) is 46.6 Å². The highest BCUT2D eigenvalue weighted by Gasteiger charge is 2.50. The average Bonchev–Trinajstić information content (AvgIpc) is 0.946. The lowest BCUT2D eigenvalue weighted by Crippen LogP contribution is -2.67. The van der Waals surface area contributed by atoms with Crippen LogP contribution in [-0.4, -0.2) is 338 Å². The normalized spacial score (nSPS) is 28.1. The van der Waals surface area contributed by atoms with Crippen LogP contribution in [-0.2, 0) is 83.2 Å². The topological polar surface area (TPSA) is 753 Å². The summed E-state index contributed by atoms with van der Waals surface area (Å²) in [7, 11) is 0. The van der Waals surface area contributed by atoms with Gasteiger partial charge in [-0.05, 0) is 77.0 Å². The second kappa shape index (κ2) is 47.3. The van der Waals surface area contributed by atoms with Gasteiger partial charge in [-0.15, -0.1) is 10.2 Å². The zero-order valence-corrected chi connectivity index (χ0v) is 65.0. The standard InChI is InChI=1S/C69H125N25O20/c1-3-5-6-7-16-50(99)85-43(15-10-19-81-68(77)78)44(95)25-36(28-84-69(79)80)65(110)92(22-12-24-94-32-38(87-89-94)14-9-18-49(98)83-30-46-58(105)60(107)54(76)67(112-46)114-64-42(73)27-40(71)56(103)62(64)109)35-52(101)90(20-4-2)34-51(100)91(33-47(74)96)21-11-23-93-31-37(86-88-93)13-8-17-48(97)82-29-45-57(104)59(106)53(75)66(111-45)113-63-41(72)26-39(70)55(102)61(63)108/h31-32,36,39-43,45-46,53-64,66-67,102-109H,3-30,33-35,70-73,75-76H2,1-2H3,(H2,74,96)(H,82,97)(H,83,98)(H,85,99)(H4,77,78,81)(H4,79,80,84)/t36-,39?,40?,41?,42?,43-,45?,46?,53?,54?,55?,56?,57?,58?,59?,60?,61?,62?,63?,64?,66?,67?/m0/s1. The first-order valence-electron chi connectivity index (χ1n) is 39.1. The summed E-state index contributed by atoms with van der Waals surface area (Å²) < 4.78 is 26.3. The Morgan fingerprint density at radius 1 is 0.535 bits per heavy atom. The van der Waals surface area contributed by atoms with Crippen molar-refractivity contribution in [3.05, 3.63) is 23.8 Å². The Kier molecular flexibility index (Phi) is 39.4. The first-order valence-corrected chi connectivity index (χ1v) is 39.1. The fourth-order valence-electron chi connectivity index (χ4n) is 13.9. The number of ketones is 1. The molecule has 45 nitrogen and oxygen atoms in total. The van der Waals surface area contributed by atoms with E-state index in [0.29, 0.717) is 37.1 Å². The molecule has 2 aliphatic carbocycles. The predicted molar refractivity (Wildman–Crippen MR) is 407 cm³/mol. The Bertz CT molecular complexity index is 3410. The zero-order valence-electron chi connectivity index (χ0n) is 65.0. The van der Waals surface area contributed by atoms with E-state index in [0.717, 1.165) is 19.3 Å². The molecule has 0 aromatic carbocycles. The lowest BCUT2D eigenvalue weighted by atomic mass is 9.84. The van der Waals surface area contributed by atoms with Gasteiger partial charge in [-0.3, -0.25) is 57.7 Å². The number of aliphatic hydroxyl groups excluding tert-OH is 8. The van der Waals surface area contributed by atoms with Crippen molar-refractivity contribution in [2.45, 2.75) is 277 Å². The molecule has 646 valence electrons. The summed E-state index contributed by atoms with van der Waals surface area (Å²) in [6, 6.07) is -6.94. The van der Waals surface area contributed by atoms with Crippen LogP contribution in [0.3, 0.4) is 0 Å². The van der Waals surface area contributed by atoms with Gasteiger partial charge in [0, 0.05) is 115 Å². The number of aliphatic imine (C=N–C) groups is 2. The molecule has 114 heavy (non-hydrogen) atoms. The Hall–Kier alpha value is -7.94. The number of hydrogen-bond donors (Lipinski definition) is 22. The zero-order chi connectivity index (χ0) is 84.0. The van der Waals surface area contributed by atoms with Crippen molar-refractivity contribution in [1.29, 1.82) is 0 Å². The van der Waals surface area contributed by atoms with Gasteiger partial charge in [0.1, 0.15) is 61.0 Å². The molecule has 6 rings (SSSR count). The van der Waals surface area contributed by atoms with Crippen LogP contribution >= 0.6 is 0 Å². The van der Waals surface area contributed by atoms with Gasteiger partial charge in [0.25, 0.3) is 0 Å². The van der Waals surface area contributed by atoms with Crippen molar-refractivity contribution in [3.8, 4) is 0 Å². The van der Waals surface area contributed by atoms with Gasteiger partial charge >= 0.3 is 0 Å². The van der Waals surface area contributed by atoms with Crippen molar-refractivity contribution in [2.24, 2.45) is 79.0 Å². The number of aromatic nitrogens is 6. The number of guanidine groups is 2. The molecular weight excluding hydrogens is 1500 g/mol. The molecule has 20 unspecified atom stereocenters. The number of primary amides is 1. The van der Waals surface area contributed by atoms with Crippen LogP contribution in [0.1, 0.15) is 134 Å². The van der Waals surface area contributed by atoms with Gasteiger partial charge in [-0.2, -0.15) is 0 Å². The highest BCUT2D eigenvalue weighted by Crippen LogP contribution is 2.30. The van der Waals surface area contributed by atoms with Crippen molar-refractivity contribution >= 4 is 59.1 Å². The number of aryl methyl sites for hydroxylation is 4. The molecule has 4 aliphatic rings. The van der Waals surface area contributed by atoms with Crippen LogP contribution in [0.25, 0.3) is 0 Å². The molecule has 7 amide bonds. The smallest absolute Gasteiger partial charge is 0.242 e. The molecule has 0 radical (unpaired) electrons. The number of carbonyl (C=O) groups excluding carboxylic acids is 8. The van der Waals surface area contributed by atoms with E-state index in [4.69, 9.17) is 82.0 Å². The van der Waals surface area contributed by atoms with Crippen LogP contribution in [0.5, 0.6) is 0 Å². The van der Waals surface area contributed by atoms with Crippen molar-refractivity contribution in [1.82, 2.24) is 60.6 Å². The minimum atomic E-state index is -1.57. The molecule has 33 N–H and O–H groups in total. The molecule has 0 spiro atoms. The van der Waals surface area contributed by atoms with Gasteiger partial charge in [-0.25, -0.2) is 0 Å². The lowest BCUT2D eigenvalue weighted by Gasteiger charge is -2.45. The summed E-state index contributed by atoms with van der Waals surface area (Å²) in [5, 5.41) is 110. The van der Waals surface area contributed by atoms with Crippen LogP contribution in [0.4, 0.5) is 0 Å². The molecule has 2 saturated heterocycles. The summed E-state index contributed by atoms with van der Waals surface area (Å²) in [6.07, 6.45) is -11.0. The van der Waals surface area contributed by atoms with E-state index < -0.39 is 214 Å². The number of hydrogen-bond acceptors (Lipinski definition) is 32. The molecule has 2 saturated carbocycles. The fourth-order valence-corrected chi connectivity index (χ4v) is 13.9. The average molecular weight is 1620 g/mol. The molecule has 4 heterocycles. The number of nitrogens with one attached hydrogen (secondary N) is 3. The Morgan fingerprint density at radius 2 is 1.00 bits per heavy atom. The van der Waals surface area contributed by atoms with Gasteiger partial charge in [0.05, 0.1) is 73.8 Å². The maximum absolute atomic E-state index is 15.2. The predicted octanol–water partition coefficient (Wildman–Crippen LogP) is -11.2. The van der Waals surface area contributed by atoms with Crippen molar-refractivity contribution in [2.75, 3.05) is 65.4 Å². The number of unbranched alkanes of at least 4 members (excludes halogenated alkanes) is 3. The lowest BCUT2D eigenvalue weighted by molar-refractivity contribution is -0.288. The van der Waals surface area contributed by atoms with E-state index >= 15 is 4.79 Å². The highest BCUT2D eigenvalue weighted by molar-refractivity contribution is 5.94. The Morgan fingerprint density at radius 3 is 1.46 bits per heavy atom. The van der Waals surface area contributed by atoms with Crippen molar-refractivity contribution < 1.29 is 98.2 Å². The third-order valence-electron chi connectivity index (χ3n) is 20.5. The Balaban J connectivity index is 1.08. The summed E-state index contributed by atoms with van der Waals surface area (Å²) in [6.45, 7) is 1.40. The number of nitrogens with two attached hydrogens (primary N) is 11. The number of aliphatic hydroxyl groups is 8. The summed E-state index contributed by atoms with van der Waals surface area (Å²) in [5.74, 6) is -6.61. The molecule has 0 bridgehead atoms. The summed E-state index contributed by atoms with van der Waals surface area (Å²) >= 11 is 0. The van der Waals surface area contributed by atoms with Gasteiger partial charge in [0.15, 0.2) is 30.3 Å². The van der Waals surface area contributed by atoms with Crippen LogP contribution in [0, 0.1) is 5.92 Å². The third kappa shape index (κ3) is 29.7. The van der Waals surface area contributed by atoms with Gasteiger partial charge in [0.2, 0.25) is 41.4 Å². The van der Waals surface area contributed by atoms with Gasteiger partial charge in [-0.1, -0.05) is 43.5 Å². The molecular formula is C69H125N25O20. The van der Waals surface area contributed by atoms with E-state index in [9.17, 15) is 74.4 Å². The van der Waals surface area contributed by atoms with Crippen LogP contribution in [0.15, 0.2) is 22.4 Å². The number of Topliss-reactive ketones (excluding diaryl/α,β-unsaturated/α-hetero) is 1. The summed E-state index contributed by atoms with van der Waals surface area (Å²) in [5.41, 5.74) is 65.7. The van der Waals surface area contributed by atoms with Crippen molar-refractivity contribution in [3.63, 3.8) is 0 Å². The largest absolute Gasteiger partial charge is 0.389 e. The SMILES string of the molecule is CCCCCCC(=O)N[C@@H](CCCN=C(N)N)C(=O)C[C@@H](CN=C(N)N)C(=O)N(CCCn1cc(CCCC(=O)NCC2OC(OC3C(N)CC(N)C(O)C3O)C(N)C(O)C2O)nn1)CC(=O)N(CCC)CC(=O)N(CCCn1cc(CCCC(=O)NCC2OC(OC3C(N)CC(N)C(O)C3O)C(N)C(O)C2O)nn1)CC(N)=O. The maximum Gasteiger partial charge on any atom is 0.242 e.